The monoisotopic (exact) mass is 403 g/mol. The first kappa shape index (κ1) is 19.6. The Kier molecular flexibility index (Phi) is 5.41. The lowest BCUT2D eigenvalue weighted by Crippen LogP contribution is -2.26. The molecule has 0 amide bonds. The molecule has 7 heteroatoms. The van der Waals surface area contributed by atoms with Crippen LogP contribution in [0.15, 0.2) is 12.1 Å². The van der Waals surface area contributed by atoms with Crippen LogP contribution in [0.5, 0.6) is 0 Å². The second-order valence-electron chi connectivity index (χ2n) is 6.95. The second-order valence-corrected chi connectivity index (χ2v) is 9.22. The van der Waals surface area contributed by atoms with Crippen molar-refractivity contribution in [3.63, 3.8) is 0 Å². The van der Waals surface area contributed by atoms with Gasteiger partial charge in [-0.1, -0.05) is 13.8 Å². The molecule has 27 heavy (non-hydrogen) atoms. The summed E-state index contributed by atoms with van der Waals surface area (Å²) in [5.41, 5.74) is 0.857. The van der Waals surface area contributed by atoms with Crippen LogP contribution in [0.25, 0.3) is 4.85 Å². The van der Waals surface area contributed by atoms with Crippen LogP contribution in [-0.2, 0) is 27.9 Å². The summed E-state index contributed by atoms with van der Waals surface area (Å²) in [6.07, 6.45) is 2.09. The van der Waals surface area contributed by atoms with Gasteiger partial charge in [0.05, 0.1) is 25.3 Å². The Balaban J connectivity index is 2.25. The van der Waals surface area contributed by atoms with Crippen LogP contribution < -0.4 is 0 Å². The number of aryl methyl sites for hydroxylation is 2. The van der Waals surface area contributed by atoms with Crippen molar-refractivity contribution >= 4 is 34.6 Å². The topological polar surface area (TPSA) is 57.0 Å². The Morgan fingerprint density at radius 3 is 1.85 bits per heavy atom. The Bertz CT molecular complexity index is 870. The molecule has 1 aliphatic rings. The van der Waals surface area contributed by atoms with E-state index in [-0.39, 0.29) is 17.9 Å². The molecule has 0 saturated heterocycles. The Labute approximate surface area is 166 Å². The summed E-state index contributed by atoms with van der Waals surface area (Å²) in [5, 5.41) is 0. The zero-order valence-electron chi connectivity index (χ0n) is 15.8. The van der Waals surface area contributed by atoms with E-state index in [0.29, 0.717) is 16.2 Å². The van der Waals surface area contributed by atoms with Gasteiger partial charge in [-0.15, -0.1) is 22.7 Å². The van der Waals surface area contributed by atoms with Gasteiger partial charge >= 0.3 is 11.9 Å². The molecule has 0 atom stereocenters. The van der Waals surface area contributed by atoms with Crippen LogP contribution in [0.2, 0.25) is 0 Å². The van der Waals surface area contributed by atoms with E-state index < -0.39 is 5.54 Å². The van der Waals surface area contributed by atoms with Gasteiger partial charge in [0.25, 0.3) is 5.54 Å². The molecule has 0 N–H and O–H groups in total. The number of fused-ring (bicyclic) bond motifs is 2. The van der Waals surface area contributed by atoms with Gasteiger partial charge in [-0.2, -0.15) is 0 Å². The summed E-state index contributed by atoms with van der Waals surface area (Å²) in [6.45, 7) is 12.3. The molecule has 0 unspecified atom stereocenters. The summed E-state index contributed by atoms with van der Waals surface area (Å²) >= 11 is 2.82. The summed E-state index contributed by atoms with van der Waals surface area (Å²) in [5.74, 6) is -0.490. The summed E-state index contributed by atoms with van der Waals surface area (Å²) in [7, 11) is 2.73. The van der Waals surface area contributed by atoms with Gasteiger partial charge in [0, 0.05) is 16.2 Å². The first-order chi connectivity index (χ1) is 12.9. The summed E-state index contributed by atoms with van der Waals surface area (Å²) in [4.78, 5) is 31.4. The number of nitrogens with zero attached hydrogens (tertiary/aromatic N) is 1. The van der Waals surface area contributed by atoms with E-state index in [1.165, 1.54) is 36.9 Å². The van der Waals surface area contributed by atoms with Crippen LogP contribution >= 0.6 is 22.7 Å². The molecule has 0 fully saturated rings. The van der Waals surface area contributed by atoms with Crippen LogP contribution in [0.4, 0.5) is 0 Å². The van der Waals surface area contributed by atoms with Crippen LogP contribution in [0, 0.1) is 12.5 Å². The van der Waals surface area contributed by atoms with Crippen LogP contribution in [0.1, 0.15) is 60.5 Å². The number of thiophene rings is 2. The Hall–Kier alpha value is -2.17. The second kappa shape index (κ2) is 7.45. The zero-order chi connectivity index (χ0) is 19.8. The molecule has 142 valence electrons. The number of ether oxygens (including phenoxy) is 2. The molecular weight excluding hydrogens is 382 g/mol. The van der Waals surface area contributed by atoms with Crippen LogP contribution in [-0.4, -0.2) is 26.2 Å². The van der Waals surface area contributed by atoms with Gasteiger partial charge in [0.15, 0.2) is 0 Å². The Morgan fingerprint density at radius 2 is 1.52 bits per heavy atom. The molecule has 0 spiro atoms. The first-order valence-corrected chi connectivity index (χ1v) is 10.3. The molecule has 5 nitrogen and oxygen atoms in total. The normalized spacial score (nSPS) is 14.7. The molecule has 3 rings (SSSR count). The van der Waals surface area contributed by atoms with Crippen molar-refractivity contribution in [3.05, 3.63) is 54.2 Å². The first-order valence-electron chi connectivity index (χ1n) is 8.68. The van der Waals surface area contributed by atoms with Crippen molar-refractivity contribution in [2.24, 2.45) is 5.92 Å². The highest BCUT2D eigenvalue weighted by molar-refractivity contribution is 7.14. The van der Waals surface area contributed by atoms with E-state index in [1.807, 2.05) is 12.1 Å². The lowest BCUT2D eigenvalue weighted by Gasteiger charge is -2.23. The Morgan fingerprint density at radius 1 is 1.07 bits per heavy atom. The number of carbonyl (C=O) groups excluding carboxylic acids is 2. The van der Waals surface area contributed by atoms with Crippen molar-refractivity contribution in [1.82, 2.24) is 0 Å². The third-order valence-corrected chi connectivity index (χ3v) is 7.11. The van der Waals surface area contributed by atoms with E-state index in [9.17, 15) is 9.59 Å². The maximum absolute atomic E-state index is 12.1. The molecule has 2 aromatic heterocycles. The maximum atomic E-state index is 12.1. The predicted molar refractivity (Wildman–Crippen MR) is 106 cm³/mol. The molecule has 1 aliphatic carbocycles. The van der Waals surface area contributed by atoms with E-state index in [0.717, 1.165) is 33.7 Å². The van der Waals surface area contributed by atoms with Crippen molar-refractivity contribution < 1.29 is 19.1 Å². The third kappa shape index (κ3) is 3.28. The minimum absolute atomic E-state index is 0.265. The minimum atomic E-state index is -0.902. The highest BCUT2D eigenvalue weighted by atomic mass is 32.1. The fourth-order valence-corrected chi connectivity index (χ4v) is 5.98. The molecule has 0 saturated carbocycles. The summed E-state index contributed by atoms with van der Waals surface area (Å²) in [6, 6.07) is 3.63. The highest BCUT2D eigenvalue weighted by Gasteiger charge is 2.49. The van der Waals surface area contributed by atoms with Gasteiger partial charge in [0.2, 0.25) is 0 Å². The largest absolute Gasteiger partial charge is 0.465 e. The van der Waals surface area contributed by atoms with Gasteiger partial charge < -0.3 is 9.47 Å². The summed E-state index contributed by atoms with van der Waals surface area (Å²) < 4.78 is 9.77. The quantitative estimate of drug-likeness (QED) is 0.549. The van der Waals surface area contributed by atoms with Gasteiger partial charge in [-0.3, -0.25) is 4.85 Å². The molecule has 2 aromatic rings. The zero-order valence-corrected chi connectivity index (χ0v) is 17.4. The van der Waals surface area contributed by atoms with E-state index in [4.69, 9.17) is 16.0 Å². The van der Waals surface area contributed by atoms with E-state index in [2.05, 4.69) is 18.7 Å². The smallest absolute Gasteiger partial charge is 0.348 e. The SMILES string of the molecule is [C-]#[N+]C1(CC(C)C)c2cc(C(=O)OC)sc2CCc2sc(C(=O)OC)cc21. The molecule has 0 bridgehead atoms. The minimum Gasteiger partial charge on any atom is -0.465 e. The van der Waals surface area contributed by atoms with Crippen molar-refractivity contribution in [3.8, 4) is 0 Å². The van der Waals surface area contributed by atoms with Crippen molar-refractivity contribution in [2.45, 2.75) is 38.6 Å². The maximum Gasteiger partial charge on any atom is 0.348 e. The lowest BCUT2D eigenvalue weighted by atomic mass is 9.78. The van der Waals surface area contributed by atoms with Gasteiger partial charge in [-0.25, -0.2) is 16.2 Å². The number of methoxy groups -OCH3 is 2. The number of hydrogen-bond donors (Lipinski definition) is 0. The van der Waals surface area contributed by atoms with E-state index >= 15 is 0 Å². The average molecular weight is 404 g/mol. The predicted octanol–water partition coefficient (Wildman–Crippen LogP) is 4.69. The molecule has 2 heterocycles. The standard InChI is InChI=1S/C20H21NO4S2/c1-11(2)10-20(21-3)12-8-16(18(22)24-4)26-14(12)6-7-15-13(20)9-17(27-15)19(23)25-5/h8-9,11H,6-7,10H2,1-2,4-5H3. The number of hydrogen-bond acceptors (Lipinski definition) is 6. The molecule has 0 aliphatic heterocycles. The molecule has 0 radical (unpaired) electrons. The van der Waals surface area contributed by atoms with Gasteiger partial charge in [0.1, 0.15) is 9.75 Å². The number of carbonyl (C=O) groups is 2. The molecular formula is C20H21NO4S2. The van der Waals surface area contributed by atoms with Gasteiger partial charge in [-0.05, 0) is 30.9 Å². The van der Waals surface area contributed by atoms with E-state index in [1.54, 1.807) is 0 Å². The third-order valence-electron chi connectivity index (χ3n) is 4.76. The van der Waals surface area contributed by atoms with Crippen molar-refractivity contribution in [1.29, 1.82) is 0 Å². The highest BCUT2D eigenvalue weighted by Crippen LogP contribution is 2.49. The fourth-order valence-electron chi connectivity index (χ4n) is 3.68. The van der Waals surface area contributed by atoms with Crippen LogP contribution in [0.3, 0.4) is 0 Å². The fraction of sp³-hybridized carbons (Fsp3) is 0.450. The lowest BCUT2D eigenvalue weighted by molar-refractivity contribution is 0.0597. The number of esters is 2. The van der Waals surface area contributed by atoms with Crippen molar-refractivity contribution in [2.75, 3.05) is 14.2 Å². The number of rotatable bonds is 4. The molecule has 0 aromatic carbocycles. The average Bonchev–Trinajstić information content (AvgIpc) is 3.26.